The summed E-state index contributed by atoms with van der Waals surface area (Å²) in [4.78, 5) is 26.2. The standard InChI is InChI=1S/C23H17BrN2O2S/c1-3-12-25-22(27)21(29-23(25)28)13-19-15(2)26(20-7-5-4-6-18(19)20)14-16-8-10-17(24)11-9-16/h1,4-11,13H,12,14H2,2H3/b21-13+. The summed E-state index contributed by atoms with van der Waals surface area (Å²) in [5.74, 6) is 2.04. The number of hydrogen-bond donors (Lipinski definition) is 0. The molecular weight excluding hydrogens is 448 g/mol. The Bertz CT molecular complexity index is 1200. The molecule has 1 saturated heterocycles. The maximum absolute atomic E-state index is 12.6. The molecule has 6 heteroatoms. The van der Waals surface area contributed by atoms with Crippen LogP contribution in [0.15, 0.2) is 57.9 Å². The number of carbonyl (C=O) groups is 2. The number of thioether (sulfide) groups is 1. The predicted molar refractivity (Wildman–Crippen MR) is 121 cm³/mol. The molecule has 0 radical (unpaired) electrons. The summed E-state index contributed by atoms with van der Waals surface area (Å²) < 4.78 is 3.27. The zero-order valence-electron chi connectivity index (χ0n) is 15.7. The number of nitrogens with zero attached hydrogens (tertiary/aromatic N) is 2. The summed E-state index contributed by atoms with van der Waals surface area (Å²) in [5.41, 5.74) is 4.25. The van der Waals surface area contributed by atoms with Crippen LogP contribution in [0.2, 0.25) is 0 Å². The first-order valence-electron chi connectivity index (χ1n) is 9.00. The van der Waals surface area contributed by atoms with Crippen molar-refractivity contribution in [3.8, 4) is 12.3 Å². The molecule has 144 valence electrons. The molecule has 0 spiro atoms. The average molecular weight is 465 g/mol. The van der Waals surface area contributed by atoms with E-state index in [1.54, 1.807) is 0 Å². The van der Waals surface area contributed by atoms with Gasteiger partial charge in [-0.15, -0.1) is 6.42 Å². The number of terminal acetylenes is 1. The Labute approximate surface area is 181 Å². The van der Waals surface area contributed by atoms with Crippen LogP contribution in [0.4, 0.5) is 4.79 Å². The highest BCUT2D eigenvalue weighted by atomic mass is 79.9. The molecule has 4 rings (SSSR count). The highest BCUT2D eigenvalue weighted by Gasteiger charge is 2.34. The molecule has 2 aromatic carbocycles. The first-order chi connectivity index (χ1) is 14.0. The summed E-state index contributed by atoms with van der Waals surface area (Å²) in [5, 5.41) is 0.723. The number of imide groups is 1. The van der Waals surface area contributed by atoms with Gasteiger partial charge < -0.3 is 4.57 Å². The van der Waals surface area contributed by atoms with Crippen LogP contribution in [-0.2, 0) is 11.3 Å². The summed E-state index contributed by atoms with van der Waals surface area (Å²) >= 11 is 4.41. The summed E-state index contributed by atoms with van der Waals surface area (Å²) in [6.45, 7) is 2.74. The van der Waals surface area contributed by atoms with Crippen LogP contribution in [0.1, 0.15) is 16.8 Å². The van der Waals surface area contributed by atoms with Crippen molar-refractivity contribution in [1.29, 1.82) is 0 Å². The fourth-order valence-electron chi connectivity index (χ4n) is 3.47. The molecule has 0 bridgehead atoms. The van der Waals surface area contributed by atoms with Crippen molar-refractivity contribution in [3.05, 3.63) is 74.7 Å². The zero-order chi connectivity index (χ0) is 20.5. The monoisotopic (exact) mass is 464 g/mol. The van der Waals surface area contributed by atoms with Crippen molar-refractivity contribution in [3.63, 3.8) is 0 Å². The Hall–Kier alpha value is -2.75. The van der Waals surface area contributed by atoms with Gasteiger partial charge >= 0.3 is 0 Å². The number of rotatable bonds is 4. The van der Waals surface area contributed by atoms with E-state index in [4.69, 9.17) is 6.42 Å². The molecular formula is C23H17BrN2O2S. The normalized spacial score (nSPS) is 15.5. The molecule has 3 aromatic rings. The minimum Gasteiger partial charge on any atom is -0.340 e. The minimum absolute atomic E-state index is 0.00762. The van der Waals surface area contributed by atoms with Gasteiger partial charge in [0.25, 0.3) is 11.1 Å². The van der Waals surface area contributed by atoms with Gasteiger partial charge in [-0.25, -0.2) is 0 Å². The second kappa shape index (κ2) is 7.94. The van der Waals surface area contributed by atoms with Crippen molar-refractivity contribution in [2.24, 2.45) is 0 Å². The van der Waals surface area contributed by atoms with Crippen molar-refractivity contribution in [2.45, 2.75) is 13.5 Å². The minimum atomic E-state index is -0.331. The molecule has 0 unspecified atom stereocenters. The molecule has 0 aliphatic carbocycles. The van der Waals surface area contributed by atoms with E-state index in [0.29, 0.717) is 11.4 Å². The Balaban J connectivity index is 1.79. The molecule has 1 aromatic heterocycles. The Kier molecular flexibility index (Phi) is 5.35. The van der Waals surface area contributed by atoms with Crippen LogP contribution in [-0.4, -0.2) is 27.2 Å². The Morgan fingerprint density at radius 2 is 1.86 bits per heavy atom. The quantitative estimate of drug-likeness (QED) is 0.381. The molecule has 0 N–H and O–H groups in total. The van der Waals surface area contributed by atoms with Gasteiger partial charge in [0.2, 0.25) is 0 Å². The average Bonchev–Trinajstić information content (AvgIpc) is 3.13. The van der Waals surface area contributed by atoms with Gasteiger partial charge in [0.15, 0.2) is 0 Å². The van der Waals surface area contributed by atoms with Crippen LogP contribution in [0.3, 0.4) is 0 Å². The highest BCUT2D eigenvalue weighted by Crippen LogP contribution is 2.35. The van der Waals surface area contributed by atoms with Gasteiger partial charge in [0.1, 0.15) is 0 Å². The SMILES string of the molecule is C#CCN1C(=O)S/C(=C/c2c(C)n(Cc3ccc(Br)cc3)c3ccccc23)C1=O. The van der Waals surface area contributed by atoms with E-state index in [2.05, 4.69) is 44.6 Å². The maximum atomic E-state index is 12.6. The summed E-state index contributed by atoms with van der Waals surface area (Å²) in [6.07, 6.45) is 7.10. The van der Waals surface area contributed by atoms with E-state index >= 15 is 0 Å². The molecule has 2 heterocycles. The van der Waals surface area contributed by atoms with Crippen LogP contribution in [0.5, 0.6) is 0 Å². The van der Waals surface area contributed by atoms with Crippen LogP contribution in [0, 0.1) is 19.3 Å². The van der Waals surface area contributed by atoms with Gasteiger partial charge in [-0.3, -0.25) is 14.5 Å². The lowest BCUT2D eigenvalue weighted by atomic mass is 10.1. The van der Waals surface area contributed by atoms with E-state index < -0.39 is 0 Å². The lowest BCUT2D eigenvalue weighted by Crippen LogP contribution is -2.28. The number of fused-ring (bicyclic) bond motifs is 1. The number of amides is 2. The van der Waals surface area contributed by atoms with Gasteiger partial charge in [0.05, 0.1) is 11.4 Å². The Morgan fingerprint density at radius 3 is 2.59 bits per heavy atom. The third-order valence-corrected chi connectivity index (χ3v) is 6.37. The van der Waals surface area contributed by atoms with E-state index in [1.807, 2.05) is 43.3 Å². The van der Waals surface area contributed by atoms with E-state index in [0.717, 1.165) is 43.3 Å². The lowest BCUT2D eigenvalue weighted by molar-refractivity contribution is -0.122. The van der Waals surface area contributed by atoms with Crippen molar-refractivity contribution < 1.29 is 9.59 Å². The second-order valence-electron chi connectivity index (χ2n) is 6.70. The predicted octanol–water partition coefficient (Wildman–Crippen LogP) is 5.43. The number of halogens is 1. The third kappa shape index (κ3) is 3.64. The fourth-order valence-corrected chi connectivity index (χ4v) is 4.56. The van der Waals surface area contributed by atoms with Crippen LogP contribution < -0.4 is 0 Å². The van der Waals surface area contributed by atoms with Crippen molar-refractivity contribution in [1.82, 2.24) is 9.47 Å². The maximum Gasteiger partial charge on any atom is 0.294 e. The first kappa shape index (κ1) is 19.6. The molecule has 0 atom stereocenters. The number of para-hydroxylation sites is 1. The Morgan fingerprint density at radius 1 is 1.14 bits per heavy atom. The molecule has 29 heavy (non-hydrogen) atoms. The second-order valence-corrected chi connectivity index (χ2v) is 8.61. The molecule has 1 aliphatic rings. The lowest BCUT2D eigenvalue weighted by Gasteiger charge is -2.09. The van der Waals surface area contributed by atoms with Crippen LogP contribution >= 0.6 is 27.7 Å². The molecule has 1 aliphatic heterocycles. The molecule has 4 nitrogen and oxygen atoms in total. The number of carbonyl (C=O) groups excluding carboxylic acids is 2. The summed E-state index contributed by atoms with van der Waals surface area (Å²) in [6, 6.07) is 16.3. The highest BCUT2D eigenvalue weighted by molar-refractivity contribution is 9.10. The molecule has 2 amide bonds. The van der Waals surface area contributed by atoms with Gasteiger partial charge in [-0.1, -0.05) is 52.2 Å². The summed E-state index contributed by atoms with van der Waals surface area (Å²) in [7, 11) is 0. The topological polar surface area (TPSA) is 42.3 Å². The van der Waals surface area contributed by atoms with Gasteiger partial charge in [-0.05, 0) is 48.5 Å². The number of benzene rings is 2. The van der Waals surface area contributed by atoms with E-state index in [-0.39, 0.29) is 17.7 Å². The largest absolute Gasteiger partial charge is 0.340 e. The van der Waals surface area contributed by atoms with E-state index in [1.165, 1.54) is 5.56 Å². The third-order valence-electron chi connectivity index (χ3n) is 4.93. The molecule has 1 fully saturated rings. The van der Waals surface area contributed by atoms with E-state index in [9.17, 15) is 9.59 Å². The van der Waals surface area contributed by atoms with Crippen molar-refractivity contribution in [2.75, 3.05) is 6.54 Å². The first-order valence-corrected chi connectivity index (χ1v) is 10.6. The number of hydrogen-bond acceptors (Lipinski definition) is 3. The number of aromatic nitrogens is 1. The smallest absolute Gasteiger partial charge is 0.294 e. The van der Waals surface area contributed by atoms with Gasteiger partial charge in [0, 0.05) is 33.2 Å². The van der Waals surface area contributed by atoms with Crippen LogP contribution in [0.25, 0.3) is 17.0 Å². The van der Waals surface area contributed by atoms with Gasteiger partial charge in [-0.2, -0.15) is 0 Å². The fraction of sp³-hybridized carbons (Fsp3) is 0.130. The van der Waals surface area contributed by atoms with Crippen molar-refractivity contribution >= 4 is 55.8 Å². The zero-order valence-corrected chi connectivity index (χ0v) is 18.1. The molecule has 0 saturated carbocycles.